The van der Waals surface area contributed by atoms with E-state index >= 15 is 0 Å². The van der Waals surface area contributed by atoms with Crippen LogP contribution in [-0.4, -0.2) is 57.5 Å². The highest BCUT2D eigenvalue weighted by atomic mass is 19.2. The van der Waals surface area contributed by atoms with Crippen LogP contribution in [0.3, 0.4) is 0 Å². The summed E-state index contributed by atoms with van der Waals surface area (Å²) in [6, 6.07) is 10.7. The Balaban J connectivity index is 1.44. The first-order valence-corrected chi connectivity index (χ1v) is 9.93. The van der Waals surface area contributed by atoms with Gasteiger partial charge in [0, 0.05) is 30.2 Å². The van der Waals surface area contributed by atoms with Gasteiger partial charge in [0.05, 0.1) is 29.5 Å². The molecule has 0 atom stereocenters. The molecule has 0 bridgehead atoms. The van der Waals surface area contributed by atoms with Gasteiger partial charge in [-0.05, 0) is 43.4 Å². The van der Waals surface area contributed by atoms with Gasteiger partial charge >= 0.3 is 0 Å². The molecule has 1 amide bonds. The first kappa shape index (κ1) is 20.0. The van der Waals surface area contributed by atoms with Gasteiger partial charge in [-0.2, -0.15) is 0 Å². The van der Waals surface area contributed by atoms with Gasteiger partial charge in [0.15, 0.2) is 11.6 Å². The summed E-state index contributed by atoms with van der Waals surface area (Å²) in [5, 5.41) is 8.48. The summed E-state index contributed by atoms with van der Waals surface area (Å²) in [7, 11) is 1.91. The molecule has 0 radical (unpaired) electrons. The van der Waals surface area contributed by atoms with Gasteiger partial charge in [0.2, 0.25) is 5.91 Å². The lowest BCUT2D eigenvalue weighted by atomic mass is 10.1. The largest absolute Gasteiger partial charge is 0.321 e. The number of benzene rings is 2. The Hall–Kier alpha value is -3.92. The zero-order chi connectivity index (χ0) is 22.4. The summed E-state index contributed by atoms with van der Waals surface area (Å²) in [6.45, 7) is 1.80. The first-order chi connectivity index (χ1) is 15.4. The van der Waals surface area contributed by atoms with Crippen molar-refractivity contribution in [1.82, 2.24) is 24.9 Å². The van der Waals surface area contributed by atoms with E-state index in [9.17, 15) is 18.4 Å². The van der Waals surface area contributed by atoms with Crippen molar-refractivity contribution in [1.29, 1.82) is 0 Å². The number of anilines is 1. The fraction of sp³-hybridized carbons (Fsp3) is 0.182. The lowest BCUT2D eigenvalue weighted by Crippen LogP contribution is -2.48. The van der Waals surface area contributed by atoms with Crippen molar-refractivity contribution >= 4 is 22.5 Å². The minimum absolute atomic E-state index is 0.0430. The summed E-state index contributed by atoms with van der Waals surface area (Å²) >= 11 is 0. The van der Waals surface area contributed by atoms with Crippen LogP contribution < -0.4 is 10.5 Å². The number of aromatic nitrogens is 4. The molecule has 0 unspecified atom stereocenters. The SMILES string of the molecule is CN1CCN(c2ccc(-n3cc(-c4cc5cc(F)c(F)cc5[nH]c4=O)nn3)cc2)C(=O)C1. The van der Waals surface area contributed by atoms with E-state index in [1.54, 1.807) is 11.1 Å². The number of pyridine rings is 1. The third kappa shape index (κ3) is 3.54. The maximum Gasteiger partial charge on any atom is 0.258 e. The number of nitrogens with one attached hydrogen (secondary N) is 1. The van der Waals surface area contributed by atoms with Crippen LogP contribution in [0.2, 0.25) is 0 Å². The Kier molecular flexibility index (Phi) is 4.78. The minimum Gasteiger partial charge on any atom is -0.321 e. The van der Waals surface area contributed by atoms with E-state index in [0.717, 1.165) is 24.4 Å². The molecule has 1 aliphatic rings. The zero-order valence-corrected chi connectivity index (χ0v) is 17.0. The van der Waals surface area contributed by atoms with E-state index in [-0.39, 0.29) is 22.7 Å². The molecule has 0 aliphatic carbocycles. The number of piperazine rings is 1. The fourth-order valence-electron chi connectivity index (χ4n) is 3.75. The van der Waals surface area contributed by atoms with Crippen molar-refractivity contribution in [3.63, 3.8) is 0 Å². The van der Waals surface area contributed by atoms with Crippen LogP contribution in [-0.2, 0) is 4.79 Å². The van der Waals surface area contributed by atoms with Crippen molar-refractivity contribution in [2.24, 2.45) is 0 Å². The number of likely N-dealkylation sites (N-methyl/N-ethyl adjacent to an activating group) is 1. The molecule has 5 rings (SSSR count). The number of carbonyl (C=O) groups excluding carboxylic acids is 1. The molecule has 0 saturated carbocycles. The second-order valence-corrected chi connectivity index (χ2v) is 7.71. The third-order valence-corrected chi connectivity index (χ3v) is 5.49. The van der Waals surface area contributed by atoms with Crippen LogP contribution in [0.5, 0.6) is 0 Å². The summed E-state index contributed by atoms with van der Waals surface area (Å²) in [6.07, 6.45) is 1.58. The highest BCUT2D eigenvalue weighted by Gasteiger charge is 2.22. The van der Waals surface area contributed by atoms with Gasteiger partial charge in [0.1, 0.15) is 5.69 Å². The molecule has 10 heteroatoms. The monoisotopic (exact) mass is 436 g/mol. The predicted octanol–water partition coefficient (Wildman–Crippen LogP) is 2.33. The van der Waals surface area contributed by atoms with Crippen LogP contribution >= 0.6 is 0 Å². The number of nitrogens with zero attached hydrogens (tertiary/aromatic N) is 5. The van der Waals surface area contributed by atoms with E-state index < -0.39 is 17.2 Å². The number of hydrogen-bond donors (Lipinski definition) is 1. The molecule has 4 aromatic rings. The van der Waals surface area contributed by atoms with Crippen LogP contribution in [0.15, 0.2) is 53.5 Å². The van der Waals surface area contributed by atoms with E-state index in [2.05, 4.69) is 15.3 Å². The third-order valence-electron chi connectivity index (χ3n) is 5.49. The lowest BCUT2D eigenvalue weighted by Gasteiger charge is -2.32. The predicted molar refractivity (Wildman–Crippen MR) is 115 cm³/mol. The fourth-order valence-corrected chi connectivity index (χ4v) is 3.75. The smallest absolute Gasteiger partial charge is 0.258 e. The molecule has 1 N–H and O–H groups in total. The number of hydrogen-bond acceptors (Lipinski definition) is 5. The van der Waals surface area contributed by atoms with Crippen molar-refractivity contribution < 1.29 is 13.6 Å². The molecular weight excluding hydrogens is 418 g/mol. The summed E-state index contributed by atoms with van der Waals surface area (Å²) in [4.78, 5) is 31.0. The molecule has 1 saturated heterocycles. The van der Waals surface area contributed by atoms with Crippen LogP contribution in [0.1, 0.15) is 0 Å². The van der Waals surface area contributed by atoms with Gasteiger partial charge in [0.25, 0.3) is 5.56 Å². The zero-order valence-electron chi connectivity index (χ0n) is 17.0. The quantitative estimate of drug-likeness (QED) is 0.533. The topological polar surface area (TPSA) is 87.1 Å². The summed E-state index contributed by atoms with van der Waals surface area (Å²) < 4.78 is 28.5. The Bertz CT molecular complexity index is 1400. The van der Waals surface area contributed by atoms with Crippen molar-refractivity contribution in [3.8, 4) is 16.9 Å². The molecule has 3 heterocycles. The van der Waals surface area contributed by atoms with Gasteiger partial charge in [-0.3, -0.25) is 14.5 Å². The molecule has 162 valence electrons. The molecule has 1 fully saturated rings. The average molecular weight is 436 g/mol. The maximum absolute atomic E-state index is 13.6. The summed E-state index contributed by atoms with van der Waals surface area (Å²) in [5.74, 6) is -1.99. The minimum atomic E-state index is -1.03. The number of fused-ring (bicyclic) bond motifs is 1. The first-order valence-electron chi connectivity index (χ1n) is 9.93. The molecule has 8 nitrogen and oxygen atoms in total. The van der Waals surface area contributed by atoms with Crippen LogP contribution in [0, 0.1) is 11.6 Å². The average Bonchev–Trinajstić information content (AvgIpc) is 3.25. The van der Waals surface area contributed by atoms with Crippen LogP contribution in [0.4, 0.5) is 14.5 Å². The standard InChI is InChI=1S/C22H18F2N6O2/c1-28-6-7-29(21(31)12-28)14-2-4-15(5-3-14)30-11-20(26-27-30)16-8-13-9-17(23)18(24)10-19(13)25-22(16)32/h2-5,8-11H,6-7,12H2,1H3,(H,25,32). The lowest BCUT2D eigenvalue weighted by molar-refractivity contribution is -0.120. The Morgan fingerprint density at radius 1 is 0.969 bits per heavy atom. The number of carbonyl (C=O) groups is 1. The number of halogens is 2. The number of amides is 1. The van der Waals surface area contributed by atoms with E-state index in [4.69, 9.17) is 0 Å². The molecule has 32 heavy (non-hydrogen) atoms. The van der Waals surface area contributed by atoms with E-state index in [1.165, 1.54) is 10.7 Å². The molecule has 2 aromatic heterocycles. The normalized spacial score (nSPS) is 15.0. The molecular formula is C22H18F2N6O2. The van der Waals surface area contributed by atoms with Crippen molar-refractivity contribution in [2.75, 3.05) is 31.6 Å². The Morgan fingerprint density at radius 2 is 1.69 bits per heavy atom. The Morgan fingerprint density at radius 3 is 2.44 bits per heavy atom. The van der Waals surface area contributed by atoms with Crippen molar-refractivity contribution in [3.05, 3.63) is 70.6 Å². The van der Waals surface area contributed by atoms with Gasteiger partial charge in [-0.25, -0.2) is 13.5 Å². The second-order valence-electron chi connectivity index (χ2n) is 7.71. The molecule has 1 aliphatic heterocycles. The van der Waals surface area contributed by atoms with Crippen molar-refractivity contribution in [2.45, 2.75) is 0 Å². The highest BCUT2D eigenvalue weighted by molar-refractivity contribution is 5.95. The van der Waals surface area contributed by atoms with E-state index in [1.807, 2.05) is 36.2 Å². The second kappa shape index (κ2) is 7.65. The molecule has 2 aromatic carbocycles. The Labute approximate surface area is 180 Å². The van der Waals surface area contributed by atoms with Gasteiger partial charge in [-0.15, -0.1) is 5.10 Å². The van der Waals surface area contributed by atoms with Gasteiger partial charge in [-0.1, -0.05) is 5.21 Å². The number of H-pyrrole nitrogens is 1. The maximum atomic E-state index is 13.6. The number of aromatic amines is 1. The van der Waals surface area contributed by atoms with Crippen LogP contribution in [0.25, 0.3) is 27.8 Å². The highest BCUT2D eigenvalue weighted by Crippen LogP contribution is 2.22. The number of rotatable bonds is 3. The van der Waals surface area contributed by atoms with E-state index in [0.29, 0.717) is 24.2 Å². The molecule has 0 spiro atoms. The van der Waals surface area contributed by atoms with Gasteiger partial charge < -0.3 is 9.88 Å². The summed E-state index contributed by atoms with van der Waals surface area (Å²) in [5.41, 5.74) is 1.68.